The Labute approximate surface area is 129 Å². The lowest BCUT2D eigenvalue weighted by molar-refractivity contribution is 0.269. The third-order valence-corrected chi connectivity index (χ3v) is 2.90. The Balaban J connectivity index is 2.15. The summed E-state index contributed by atoms with van der Waals surface area (Å²) in [6.07, 6.45) is 3.09. The summed E-state index contributed by atoms with van der Waals surface area (Å²) in [7, 11) is 0. The molecule has 0 fully saturated rings. The summed E-state index contributed by atoms with van der Waals surface area (Å²) in [6.45, 7) is 2.64. The molecule has 2 aromatic rings. The van der Waals surface area contributed by atoms with Crippen molar-refractivity contribution in [3.63, 3.8) is 0 Å². The molecule has 2 rings (SSSR count). The molecule has 0 amide bonds. The maximum atomic E-state index is 13.2. The maximum Gasteiger partial charge on any atom is 0.161 e. The van der Waals surface area contributed by atoms with Gasteiger partial charge in [0.25, 0.3) is 0 Å². The summed E-state index contributed by atoms with van der Waals surface area (Å²) in [5, 5.41) is 8.56. The molecule has 0 radical (unpaired) electrons. The van der Waals surface area contributed by atoms with Crippen molar-refractivity contribution in [3.8, 4) is 17.6 Å². The van der Waals surface area contributed by atoms with E-state index in [4.69, 9.17) is 14.7 Å². The standard InChI is InChI=1S/C18H16FNO2/c1-2-21-18-12-14(6-4-10-20)8-9-17(18)22-13-15-5-3-7-16(19)11-15/h3-9,11-12H,2,13H2,1H3/b6-4+. The fourth-order valence-corrected chi connectivity index (χ4v) is 1.94. The lowest BCUT2D eigenvalue weighted by atomic mass is 10.2. The van der Waals surface area contributed by atoms with Gasteiger partial charge in [-0.05, 0) is 48.4 Å². The Morgan fingerprint density at radius 2 is 2.00 bits per heavy atom. The lowest BCUT2D eigenvalue weighted by Gasteiger charge is -2.12. The molecule has 0 aromatic heterocycles. The summed E-state index contributed by atoms with van der Waals surface area (Å²) in [5.41, 5.74) is 1.60. The van der Waals surface area contributed by atoms with Gasteiger partial charge in [-0.25, -0.2) is 4.39 Å². The second-order valence-electron chi connectivity index (χ2n) is 4.52. The number of rotatable bonds is 6. The number of halogens is 1. The van der Waals surface area contributed by atoms with Crippen molar-refractivity contribution in [1.82, 2.24) is 0 Å². The van der Waals surface area contributed by atoms with Crippen LogP contribution in [0.3, 0.4) is 0 Å². The van der Waals surface area contributed by atoms with Gasteiger partial charge in [-0.3, -0.25) is 0 Å². The van der Waals surface area contributed by atoms with Gasteiger partial charge in [0.2, 0.25) is 0 Å². The third kappa shape index (κ3) is 4.35. The molecule has 0 aliphatic carbocycles. The summed E-state index contributed by atoms with van der Waals surface area (Å²) >= 11 is 0. The first-order chi connectivity index (χ1) is 10.7. The second-order valence-corrected chi connectivity index (χ2v) is 4.52. The first-order valence-corrected chi connectivity index (χ1v) is 6.93. The molecule has 0 aliphatic rings. The Hall–Kier alpha value is -2.80. The van der Waals surface area contributed by atoms with Gasteiger partial charge in [0.15, 0.2) is 11.5 Å². The first kappa shape index (κ1) is 15.6. The molecule has 0 atom stereocenters. The Kier molecular flexibility index (Phi) is 5.56. The third-order valence-electron chi connectivity index (χ3n) is 2.90. The smallest absolute Gasteiger partial charge is 0.161 e. The quantitative estimate of drug-likeness (QED) is 0.745. The van der Waals surface area contributed by atoms with E-state index in [2.05, 4.69) is 0 Å². The van der Waals surface area contributed by atoms with Crippen LogP contribution in [0, 0.1) is 17.1 Å². The normalized spacial score (nSPS) is 10.4. The molecule has 0 N–H and O–H groups in total. The maximum absolute atomic E-state index is 13.2. The Bertz CT molecular complexity index is 704. The average molecular weight is 297 g/mol. The molecular weight excluding hydrogens is 281 g/mol. The van der Waals surface area contributed by atoms with Gasteiger partial charge in [-0.2, -0.15) is 5.26 Å². The van der Waals surface area contributed by atoms with E-state index in [1.54, 1.807) is 30.3 Å². The number of benzene rings is 2. The first-order valence-electron chi connectivity index (χ1n) is 6.93. The number of hydrogen-bond donors (Lipinski definition) is 0. The minimum absolute atomic E-state index is 0.255. The minimum Gasteiger partial charge on any atom is -0.490 e. The van der Waals surface area contributed by atoms with Crippen molar-refractivity contribution < 1.29 is 13.9 Å². The van der Waals surface area contributed by atoms with Crippen LogP contribution in [0.5, 0.6) is 11.5 Å². The zero-order chi connectivity index (χ0) is 15.8. The number of nitriles is 1. The monoisotopic (exact) mass is 297 g/mol. The van der Waals surface area contributed by atoms with Crippen LogP contribution in [-0.2, 0) is 6.61 Å². The van der Waals surface area contributed by atoms with Crippen LogP contribution in [0.2, 0.25) is 0 Å². The van der Waals surface area contributed by atoms with Gasteiger partial charge in [0, 0.05) is 6.08 Å². The number of hydrogen-bond acceptors (Lipinski definition) is 3. The Morgan fingerprint density at radius 3 is 2.73 bits per heavy atom. The van der Waals surface area contributed by atoms with Crippen LogP contribution in [0.25, 0.3) is 6.08 Å². The van der Waals surface area contributed by atoms with Gasteiger partial charge >= 0.3 is 0 Å². The van der Waals surface area contributed by atoms with E-state index in [1.165, 1.54) is 18.2 Å². The summed E-state index contributed by atoms with van der Waals surface area (Å²) in [6, 6.07) is 13.6. The molecule has 2 aromatic carbocycles. The molecule has 0 bridgehead atoms. The molecule has 0 unspecified atom stereocenters. The van der Waals surface area contributed by atoms with E-state index in [9.17, 15) is 4.39 Å². The Morgan fingerprint density at radius 1 is 1.14 bits per heavy atom. The number of allylic oxidation sites excluding steroid dienone is 1. The molecule has 0 heterocycles. The van der Waals surface area contributed by atoms with Crippen molar-refractivity contribution in [2.24, 2.45) is 0 Å². The lowest BCUT2D eigenvalue weighted by Crippen LogP contribution is -2.00. The van der Waals surface area contributed by atoms with Gasteiger partial charge in [-0.15, -0.1) is 0 Å². The van der Waals surface area contributed by atoms with E-state index in [0.717, 1.165) is 11.1 Å². The van der Waals surface area contributed by atoms with Crippen molar-refractivity contribution >= 4 is 6.08 Å². The van der Waals surface area contributed by atoms with Gasteiger partial charge < -0.3 is 9.47 Å². The van der Waals surface area contributed by atoms with Crippen LogP contribution < -0.4 is 9.47 Å². The van der Waals surface area contributed by atoms with Crippen LogP contribution in [-0.4, -0.2) is 6.61 Å². The molecule has 0 aliphatic heterocycles. The van der Waals surface area contributed by atoms with Crippen LogP contribution in [0.15, 0.2) is 48.5 Å². The molecule has 0 saturated heterocycles. The zero-order valence-corrected chi connectivity index (χ0v) is 12.3. The largest absolute Gasteiger partial charge is 0.490 e. The van der Waals surface area contributed by atoms with Crippen molar-refractivity contribution in [2.75, 3.05) is 6.61 Å². The SMILES string of the molecule is CCOc1cc(/C=C/C#N)ccc1OCc1cccc(F)c1. The molecular formula is C18H16FNO2. The molecule has 22 heavy (non-hydrogen) atoms. The highest BCUT2D eigenvalue weighted by atomic mass is 19.1. The molecule has 112 valence electrons. The fraction of sp³-hybridized carbons (Fsp3) is 0.167. The van der Waals surface area contributed by atoms with Gasteiger partial charge in [-0.1, -0.05) is 18.2 Å². The topological polar surface area (TPSA) is 42.2 Å². The predicted molar refractivity (Wildman–Crippen MR) is 83.0 cm³/mol. The second kappa shape index (κ2) is 7.84. The van der Waals surface area contributed by atoms with E-state index in [0.29, 0.717) is 18.1 Å². The highest BCUT2D eigenvalue weighted by Crippen LogP contribution is 2.29. The summed E-state index contributed by atoms with van der Waals surface area (Å²) in [5.74, 6) is 0.891. The van der Waals surface area contributed by atoms with Crippen LogP contribution in [0.1, 0.15) is 18.1 Å². The highest BCUT2D eigenvalue weighted by Gasteiger charge is 2.06. The zero-order valence-electron chi connectivity index (χ0n) is 12.3. The molecule has 4 heteroatoms. The minimum atomic E-state index is -0.289. The molecule has 0 saturated carbocycles. The fourth-order valence-electron chi connectivity index (χ4n) is 1.94. The van der Waals surface area contributed by atoms with Gasteiger partial charge in [0.05, 0.1) is 12.7 Å². The van der Waals surface area contributed by atoms with Gasteiger partial charge in [0.1, 0.15) is 12.4 Å². The average Bonchev–Trinajstić information content (AvgIpc) is 2.52. The van der Waals surface area contributed by atoms with E-state index in [1.807, 2.05) is 19.1 Å². The molecule has 3 nitrogen and oxygen atoms in total. The number of nitrogens with zero attached hydrogens (tertiary/aromatic N) is 1. The van der Waals surface area contributed by atoms with Crippen LogP contribution in [0.4, 0.5) is 4.39 Å². The highest BCUT2D eigenvalue weighted by molar-refractivity contribution is 5.57. The molecule has 0 spiro atoms. The van der Waals surface area contributed by atoms with E-state index < -0.39 is 0 Å². The van der Waals surface area contributed by atoms with E-state index in [-0.39, 0.29) is 12.4 Å². The summed E-state index contributed by atoms with van der Waals surface area (Å²) < 4.78 is 24.4. The van der Waals surface area contributed by atoms with Crippen LogP contribution >= 0.6 is 0 Å². The summed E-state index contributed by atoms with van der Waals surface area (Å²) in [4.78, 5) is 0. The predicted octanol–water partition coefficient (Wildman–Crippen LogP) is 4.34. The van der Waals surface area contributed by atoms with Crippen molar-refractivity contribution in [2.45, 2.75) is 13.5 Å². The van der Waals surface area contributed by atoms with Crippen molar-refractivity contribution in [3.05, 3.63) is 65.5 Å². The van der Waals surface area contributed by atoms with Crippen molar-refractivity contribution in [1.29, 1.82) is 5.26 Å². The number of ether oxygens (including phenoxy) is 2. The van der Waals surface area contributed by atoms with E-state index >= 15 is 0 Å².